The molecule has 1 aliphatic rings. The van der Waals surface area contributed by atoms with Crippen molar-refractivity contribution in [3.63, 3.8) is 0 Å². The zero-order valence-corrected chi connectivity index (χ0v) is 18.1. The van der Waals surface area contributed by atoms with Crippen LogP contribution in [0.25, 0.3) is 10.9 Å². The highest BCUT2D eigenvalue weighted by molar-refractivity contribution is 7.89. The molecule has 8 nitrogen and oxygen atoms in total. The smallest absolute Gasteiger partial charge is 0.257 e. The van der Waals surface area contributed by atoms with E-state index >= 15 is 0 Å². The van der Waals surface area contributed by atoms with Gasteiger partial charge in [0.2, 0.25) is 15.5 Å². The maximum Gasteiger partial charge on any atom is 0.257 e. The summed E-state index contributed by atoms with van der Waals surface area (Å²) in [6.45, 7) is 3.63. The minimum absolute atomic E-state index is 0.0195. The van der Waals surface area contributed by atoms with Gasteiger partial charge in [-0.1, -0.05) is 6.07 Å². The van der Waals surface area contributed by atoms with E-state index in [0.29, 0.717) is 25.2 Å². The van der Waals surface area contributed by atoms with Gasteiger partial charge in [0.1, 0.15) is 5.56 Å². The van der Waals surface area contributed by atoms with E-state index in [1.807, 2.05) is 13.0 Å². The molecule has 1 aromatic carbocycles. The summed E-state index contributed by atoms with van der Waals surface area (Å²) in [6, 6.07) is 8.16. The number of fused-ring (bicyclic) bond motifs is 1. The van der Waals surface area contributed by atoms with E-state index in [9.17, 15) is 18.0 Å². The lowest BCUT2D eigenvalue weighted by molar-refractivity contribution is 0.0949. The van der Waals surface area contributed by atoms with Crippen molar-refractivity contribution in [3.05, 3.63) is 70.3 Å². The lowest BCUT2D eigenvalue weighted by atomic mass is 10.1. The summed E-state index contributed by atoms with van der Waals surface area (Å²) in [4.78, 5) is 30.0. The number of hydrogen-bond donors (Lipinski definition) is 1. The fraction of sp³-hybridized carbons (Fsp3) is 0.318. The lowest BCUT2D eigenvalue weighted by Crippen LogP contribution is -2.30. The molecule has 3 heterocycles. The zero-order chi connectivity index (χ0) is 22.0. The Bertz CT molecular complexity index is 1280. The Kier molecular flexibility index (Phi) is 5.88. The van der Waals surface area contributed by atoms with Crippen LogP contribution in [0.15, 0.2) is 58.6 Å². The van der Waals surface area contributed by atoms with Gasteiger partial charge in [0.05, 0.1) is 10.4 Å². The molecule has 1 aliphatic heterocycles. The summed E-state index contributed by atoms with van der Waals surface area (Å²) in [7, 11) is -3.67. The second kappa shape index (κ2) is 8.60. The van der Waals surface area contributed by atoms with Crippen molar-refractivity contribution in [2.45, 2.75) is 37.8 Å². The molecule has 1 fully saturated rings. The Balaban J connectivity index is 1.74. The quantitative estimate of drug-likeness (QED) is 0.633. The summed E-state index contributed by atoms with van der Waals surface area (Å²) in [6.07, 6.45) is 6.47. The summed E-state index contributed by atoms with van der Waals surface area (Å²) >= 11 is 0. The second-order valence-electron chi connectivity index (χ2n) is 7.49. The number of carbonyl (C=O) groups is 1. The van der Waals surface area contributed by atoms with Crippen LogP contribution in [0.2, 0.25) is 0 Å². The molecule has 31 heavy (non-hydrogen) atoms. The number of rotatable bonds is 6. The number of nitrogens with one attached hydrogen (secondary N) is 1. The van der Waals surface area contributed by atoms with Crippen LogP contribution in [-0.2, 0) is 23.1 Å². The zero-order valence-electron chi connectivity index (χ0n) is 17.2. The van der Waals surface area contributed by atoms with Crippen molar-refractivity contribution < 1.29 is 13.2 Å². The standard InChI is InChI=1S/C22H24N4O4S/c1-2-25-15-19(22(28)24-14-16-6-5-9-23-13-16)21(27)18-12-17(7-8-20(18)25)31(29,30)26-10-3-4-11-26/h5-9,12-13,15H,2-4,10-11,14H2,1H3,(H,24,28). The van der Waals surface area contributed by atoms with E-state index in [-0.39, 0.29) is 22.4 Å². The monoisotopic (exact) mass is 440 g/mol. The van der Waals surface area contributed by atoms with Crippen molar-refractivity contribution in [1.82, 2.24) is 19.2 Å². The third kappa shape index (κ3) is 4.11. The van der Waals surface area contributed by atoms with Gasteiger partial charge in [0.25, 0.3) is 5.91 Å². The fourth-order valence-corrected chi connectivity index (χ4v) is 5.36. The van der Waals surface area contributed by atoms with Crippen LogP contribution >= 0.6 is 0 Å². The highest BCUT2D eigenvalue weighted by Crippen LogP contribution is 2.24. The molecule has 3 aromatic rings. The molecule has 1 N–H and O–H groups in total. The van der Waals surface area contributed by atoms with Gasteiger partial charge in [-0.3, -0.25) is 14.6 Å². The topological polar surface area (TPSA) is 101 Å². The molecule has 4 rings (SSSR count). The van der Waals surface area contributed by atoms with Crippen LogP contribution in [0.1, 0.15) is 35.7 Å². The number of benzene rings is 1. The predicted molar refractivity (Wildman–Crippen MR) is 117 cm³/mol. The molecule has 0 spiro atoms. The predicted octanol–water partition coefficient (Wildman–Crippen LogP) is 2.13. The van der Waals surface area contributed by atoms with E-state index in [1.165, 1.54) is 22.6 Å². The van der Waals surface area contributed by atoms with E-state index < -0.39 is 21.4 Å². The number of sulfonamides is 1. The number of hydrogen-bond acceptors (Lipinski definition) is 5. The first-order chi connectivity index (χ1) is 14.9. The van der Waals surface area contributed by atoms with Crippen LogP contribution < -0.4 is 10.7 Å². The molecule has 0 radical (unpaired) electrons. The van der Waals surface area contributed by atoms with Crippen molar-refractivity contribution in [1.29, 1.82) is 0 Å². The molecule has 162 valence electrons. The average Bonchev–Trinajstić information content (AvgIpc) is 3.34. The molecule has 9 heteroatoms. The largest absolute Gasteiger partial charge is 0.348 e. The maximum atomic E-state index is 13.2. The number of amides is 1. The van der Waals surface area contributed by atoms with Crippen molar-refractivity contribution in [2.24, 2.45) is 0 Å². The van der Waals surface area contributed by atoms with Gasteiger partial charge in [-0.05, 0) is 49.6 Å². The Morgan fingerprint density at radius 2 is 1.97 bits per heavy atom. The normalized spacial score (nSPS) is 14.7. The highest BCUT2D eigenvalue weighted by atomic mass is 32.2. The van der Waals surface area contributed by atoms with Gasteiger partial charge >= 0.3 is 0 Å². The molecule has 0 atom stereocenters. The minimum Gasteiger partial charge on any atom is -0.348 e. The van der Waals surface area contributed by atoms with E-state index in [2.05, 4.69) is 10.3 Å². The number of pyridine rings is 2. The molecule has 1 saturated heterocycles. The van der Waals surface area contributed by atoms with E-state index in [0.717, 1.165) is 18.4 Å². The number of nitrogens with zero attached hydrogens (tertiary/aromatic N) is 3. The summed E-state index contributed by atoms with van der Waals surface area (Å²) in [5.41, 5.74) is 0.902. The van der Waals surface area contributed by atoms with Crippen molar-refractivity contribution >= 4 is 26.8 Å². The van der Waals surface area contributed by atoms with Gasteiger partial charge in [-0.15, -0.1) is 0 Å². The Labute approximate surface area is 180 Å². The van der Waals surface area contributed by atoms with E-state index in [1.54, 1.807) is 29.1 Å². The maximum absolute atomic E-state index is 13.2. The van der Waals surface area contributed by atoms with Crippen molar-refractivity contribution in [2.75, 3.05) is 13.1 Å². The molecule has 0 aliphatic carbocycles. The van der Waals surface area contributed by atoms with Gasteiger partial charge in [-0.2, -0.15) is 4.31 Å². The molecular weight excluding hydrogens is 416 g/mol. The molecule has 0 bridgehead atoms. The third-order valence-corrected chi connectivity index (χ3v) is 7.41. The fourth-order valence-electron chi connectivity index (χ4n) is 3.82. The Morgan fingerprint density at radius 3 is 2.65 bits per heavy atom. The molecule has 2 aromatic heterocycles. The number of aromatic nitrogens is 2. The second-order valence-corrected chi connectivity index (χ2v) is 9.43. The first kappa shape index (κ1) is 21.2. The van der Waals surface area contributed by atoms with Crippen LogP contribution in [0.4, 0.5) is 0 Å². The summed E-state index contributed by atoms with van der Waals surface area (Å²) in [5, 5.41) is 2.96. The van der Waals surface area contributed by atoms with Crippen LogP contribution in [0.5, 0.6) is 0 Å². The summed E-state index contributed by atoms with van der Waals surface area (Å²) < 4.78 is 29.1. The lowest BCUT2D eigenvalue weighted by Gasteiger charge is -2.17. The minimum atomic E-state index is -3.67. The third-order valence-electron chi connectivity index (χ3n) is 5.52. The number of carbonyl (C=O) groups excluding carboxylic acids is 1. The first-order valence-corrected chi connectivity index (χ1v) is 11.7. The molecule has 0 unspecified atom stereocenters. The molecule has 0 saturated carbocycles. The number of aryl methyl sites for hydroxylation is 1. The Morgan fingerprint density at radius 1 is 1.19 bits per heavy atom. The summed E-state index contributed by atoms with van der Waals surface area (Å²) in [5.74, 6) is -0.509. The van der Waals surface area contributed by atoms with Crippen LogP contribution in [0.3, 0.4) is 0 Å². The van der Waals surface area contributed by atoms with Gasteiger partial charge in [-0.25, -0.2) is 8.42 Å². The van der Waals surface area contributed by atoms with Crippen LogP contribution in [-0.4, -0.2) is 41.3 Å². The molecule has 1 amide bonds. The Hall–Kier alpha value is -3.04. The van der Waals surface area contributed by atoms with Gasteiger partial charge < -0.3 is 9.88 Å². The van der Waals surface area contributed by atoms with Crippen LogP contribution in [0, 0.1) is 0 Å². The van der Waals surface area contributed by atoms with E-state index in [4.69, 9.17) is 0 Å². The molecular formula is C22H24N4O4S. The average molecular weight is 441 g/mol. The highest BCUT2D eigenvalue weighted by Gasteiger charge is 2.28. The SMILES string of the molecule is CCn1cc(C(=O)NCc2cccnc2)c(=O)c2cc(S(=O)(=O)N3CCCC3)ccc21. The van der Waals surface area contributed by atoms with Gasteiger partial charge in [0.15, 0.2) is 0 Å². The first-order valence-electron chi connectivity index (χ1n) is 10.3. The van der Waals surface area contributed by atoms with Crippen molar-refractivity contribution in [3.8, 4) is 0 Å². The van der Waals surface area contributed by atoms with Gasteiger partial charge in [0, 0.05) is 50.2 Å².